The summed E-state index contributed by atoms with van der Waals surface area (Å²) in [5.74, 6) is 1.92. The van der Waals surface area contributed by atoms with E-state index in [1.54, 1.807) is 0 Å². The van der Waals surface area contributed by atoms with Gasteiger partial charge in [0.1, 0.15) is 0 Å². The number of hydrogen-bond acceptors (Lipinski definition) is 3. The number of nitrogens with zero attached hydrogens (tertiary/aromatic N) is 3. The second kappa shape index (κ2) is 13.1. The minimum atomic E-state index is 0.637. The largest absolute Gasteiger partial charge is 0.208 e. The van der Waals surface area contributed by atoms with Crippen LogP contribution in [0.4, 0.5) is 0 Å². The first-order valence-corrected chi connectivity index (χ1v) is 16.1. The van der Waals surface area contributed by atoms with Gasteiger partial charge in [0.05, 0.1) is 0 Å². The molecule has 0 fully saturated rings. The molecule has 0 spiro atoms. The highest BCUT2D eigenvalue weighted by Gasteiger charge is 2.14. The Balaban J connectivity index is 1.18. The van der Waals surface area contributed by atoms with Crippen LogP contribution in [0.5, 0.6) is 0 Å². The van der Waals surface area contributed by atoms with Crippen LogP contribution in [-0.4, -0.2) is 15.0 Å². The Kier molecular flexibility index (Phi) is 7.92. The van der Waals surface area contributed by atoms with E-state index in [0.29, 0.717) is 17.5 Å². The minimum absolute atomic E-state index is 0.637. The lowest BCUT2D eigenvalue weighted by Crippen LogP contribution is -2.00. The first-order valence-electron chi connectivity index (χ1n) is 16.1. The fraction of sp³-hybridized carbons (Fsp3) is 0. The van der Waals surface area contributed by atoms with Gasteiger partial charge in [0.15, 0.2) is 17.5 Å². The Morgan fingerprint density at radius 1 is 0.188 bits per heavy atom. The first kappa shape index (κ1) is 29.0. The summed E-state index contributed by atoms with van der Waals surface area (Å²) in [4.78, 5) is 15.0. The molecule has 48 heavy (non-hydrogen) atoms. The van der Waals surface area contributed by atoms with Crippen LogP contribution in [0.25, 0.3) is 78.7 Å². The molecule has 0 saturated heterocycles. The quantitative estimate of drug-likeness (QED) is 0.179. The molecule has 0 amide bonds. The van der Waals surface area contributed by atoms with Gasteiger partial charge in [0.25, 0.3) is 0 Å². The highest BCUT2D eigenvalue weighted by Crippen LogP contribution is 2.32. The fourth-order valence-corrected chi connectivity index (χ4v) is 6.04. The Morgan fingerprint density at radius 3 is 0.771 bits per heavy atom. The monoisotopic (exact) mass is 613 g/mol. The van der Waals surface area contributed by atoms with E-state index in [4.69, 9.17) is 15.0 Å². The Bertz CT molecular complexity index is 2330. The van der Waals surface area contributed by atoms with Crippen LogP contribution in [0.15, 0.2) is 188 Å². The molecule has 0 radical (unpaired) electrons. The topological polar surface area (TPSA) is 38.7 Å². The third-order valence-corrected chi connectivity index (χ3v) is 8.51. The molecule has 7 aromatic carbocycles. The molecule has 0 aliphatic heterocycles. The van der Waals surface area contributed by atoms with E-state index < -0.39 is 0 Å². The average Bonchev–Trinajstić information content (AvgIpc) is 3.19. The van der Waals surface area contributed by atoms with Gasteiger partial charge in [-0.05, 0) is 68.8 Å². The molecule has 0 N–H and O–H groups in total. The Hall–Kier alpha value is -6.45. The van der Waals surface area contributed by atoms with Crippen molar-refractivity contribution in [2.24, 2.45) is 0 Å². The second-order valence-corrected chi connectivity index (χ2v) is 11.7. The fourth-order valence-electron chi connectivity index (χ4n) is 6.04. The maximum Gasteiger partial charge on any atom is 0.164 e. The van der Waals surface area contributed by atoms with Crippen LogP contribution in [-0.2, 0) is 0 Å². The molecule has 3 nitrogen and oxygen atoms in total. The van der Waals surface area contributed by atoms with Crippen LogP contribution in [0, 0.1) is 0 Å². The summed E-state index contributed by atoms with van der Waals surface area (Å²) < 4.78 is 0. The van der Waals surface area contributed by atoms with Crippen molar-refractivity contribution in [2.75, 3.05) is 0 Å². The van der Waals surface area contributed by atoms with Crippen LogP contribution < -0.4 is 0 Å². The Morgan fingerprint density at radius 2 is 0.417 bits per heavy atom. The Labute approximate surface area is 280 Å². The molecule has 8 rings (SSSR count). The third-order valence-electron chi connectivity index (χ3n) is 8.51. The van der Waals surface area contributed by atoms with Gasteiger partial charge in [0, 0.05) is 16.7 Å². The lowest BCUT2D eigenvalue weighted by molar-refractivity contribution is 1.07. The van der Waals surface area contributed by atoms with Gasteiger partial charge >= 0.3 is 0 Å². The molecule has 8 aromatic rings. The molecule has 0 saturated carbocycles. The number of rotatable bonds is 7. The molecule has 226 valence electrons. The zero-order valence-electron chi connectivity index (χ0n) is 26.2. The molecule has 1 aromatic heterocycles. The van der Waals surface area contributed by atoms with E-state index in [0.717, 1.165) is 38.9 Å². The van der Waals surface area contributed by atoms with Crippen molar-refractivity contribution >= 4 is 0 Å². The zero-order valence-corrected chi connectivity index (χ0v) is 26.2. The maximum absolute atomic E-state index is 5.05. The van der Waals surface area contributed by atoms with Crippen molar-refractivity contribution in [3.8, 4) is 78.7 Å². The highest BCUT2D eigenvalue weighted by atomic mass is 15.0. The summed E-state index contributed by atoms with van der Waals surface area (Å²) in [6, 6.07) is 65.3. The lowest BCUT2D eigenvalue weighted by Gasteiger charge is -2.11. The zero-order chi connectivity index (χ0) is 32.1. The van der Waals surface area contributed by atoms with Crippen molar-refractivity contribution in [2.45, 2.75) is 0 Å². The van der Waals surface area contributed by atoms with Crippen LogP contribution in [0.2, 0.25) is 0 Å². The van der Waals surface area contributed by atoms with Crippen molar-refractivity contribution in [3.05, 3.63) is 188 Å². The van der Waals surface area contributed by atoms with Crippen molar-refractivity contribution < 1.29 is 0 Å². The highest BCUT2D eigenvalue weighted by molar-refractivity contribution is 5.79. The van der Waals surface area contributed by atoms with Gasteiger partial charge in [-0.1, -0.05) is 164 Å². The van der Waals surface area contributed by atoms with Crippen LogP contribution in [0.1, 0.15) is 0 Å². The van der Waals surface area contributed by atoms with Crippen molar-refractivity contribution in [1.82, 2.24) is 15.0 Å². The number of hydrogen-bond donors (Lipinski definition) is 0. The maximum atomic E-state index is 5.05. The number of benzene rings is 7. The summed E-state index contributed by atoms with van der Waals surface area (Å²) in [6.07, 6.45) is 0. The standard InChI is InChI=1S/C45H31N3/c1-4-14-32(15-5-1)35-20-10-22-37(28-35)38-23-11-24-39(29-38)40-25-13-27-42(31-40)45-47-43(34-18-8-3-9-19-34)46-44(48-45)41-26-12-21-36(30-41)33-16-6-2-7-17-33/h1-31H. The van der Waals surface area contributed by atoms with Crippen molar-refractivity contribution in [3.63, 3.8) is 0 Å². The van der Waals surface area contributed by atoms with Gasteiger partial charge in [-0.3, -0.25) is 0 Å². The minimum Gasteiger partial charge on any atom is -0.208 e. The smallest absolute Gasteiger partial charge is 0.164 e. The van der Waals surface area contributed by atoms with E-state index in [9.17, 15) is 0 Å². The van der Waals surface area contributed by atoms with Crippen LogP contribution in [0.3, 0.4) is 0 Å². The average molecular weight is 614 g/mol. The normalized spacial score (nSPS) is 10.9. The number of aromatic nitrogens is 3. The second-order valence-electron chi connectivity index (χ2n) is 11.7. The first-order chi connectivity index (χ1) is 23.8. The predicted octanol–water partition coefficient (Wildman–Crippen LogP) is 11.5. The lowest BCUT2D eigenvalue weighted by atomic mass is 9.95. The third kappa shape index (κ3) is 6.18. The van der Waals surface area contributed by atoms with E-state index >= 15 is 0 Å². The van der Waals surface area contributed by atoms with Crippen LogP contribution >= 0.6 is 0 Å². The molecule has 0 aliphatic carbocycles. The molecule has 0 unspecified atom stereocenters. The SMILES string of the molecule is c1ccc(-c2cccc(-c3cccc(-c4cccc(-c5nc(-c6ccccc6)nc(-c6cccc(-c7ccccc7)c6)n5)c4)c3)c2)cc1. The van der Waals surface area contributed by atoms with Gasteiger partial charge in [-0.15, -0.1) is 0 Å². The van der Waals surface area contributed by atoms with Gasteiger partial charge in [-0.25, -0.2) is 15.0 Å². The molecule has 0 aliphatic rings. The van der Waals surface area contributed by atoms with Gasteiger partial charge < -0.3 is 0 Å². The van der Waals surface area contributed by atoms with Gasteiger partial charge in [0.2, 0.25) is 0 Å². The van der Waals surface area contributed by atoms with Crippen molar-refractivity contribution in [1.29, 1.82) is 0 Å². The predicted molar refractivity (Wildman–Crippen MR) is 198 cm³/mol. The summed E-state index contributed by atoms with van der Waals surface area (Å²) >= 11 is 0. The molecule has 0 bridgehead atoms. The van der Waals surface area contributed by atoms with E-state index in [1.807, 2.05) is 36.4 Å². The molecular weight excluding hydrogens is 583 g/mol. The van der Waals surface area contributed by atoms with E-state index in [2.05, 4.69) is 152 Å². The molecule has 3 heteroatoms. The van der Waals surface area contributed by atoms with E-state index in [-0.39, 0.29) is 0 Å². The van der Waals surface area contributed by atoms with E-state index in [1.165, 1.54) is 22.3 Å². The summed E-state index contributed by atoms with van der Waals surface area (Å²) in [6.45, 7) is 0. The molecular formula is C45H31N3. The summed E-state index contributed by atoms with van der Waals surface area (Å²) in [7, 11) is 0. The summed E-state index contributed by atoms with van der Waals surface area (Å²) in [5, 5.41) is 0. The van der Waals surface area contributed by atoms with Gasteiger partial charge in [-0.2, -0.15) is 0 Å². The molecule has 1 heterocycles. The molecule has 0 atom stereocenters. The summed E-state index contributed by atoms with van der Waals surface area (Å²) in [5.41, 5.74) is 12.1.